The Kier molecular flexibility index (Phi) is 9.17. The second kappa shape index (κ2) is 10.9. The van der Waals surface area contributed by atoms with Crippen molar-refractivity contribution in [1.29, 1.82) is 0 Å². The molecule has 0 amide bonds. The second-order valence-electron chi connectivity index (χ2n) is 6.00. The first kappa shape index (κ1) is 19.3. The molecule has 1 heterocycles. The number of aromatic nitrogens is 3. The van der Waals surface area contributed by atoms with E-state index < -0.39 is 0 Å². The van der Waals surface area contributed by atoms with Gasteiger partial charge in [0.1, 0.15) is 5.69 Å². The van der Waals surface area contributed by atoms with Crippen molar-refractivity contribution in [2.75, 3.05) is 11.9 Å². The van der Waals surface area contributed by atoms with Gasteiger partial charge < -0.3 is 5.32 Å². The van der Waals surface area contributed by atoms with Crippen LogP contribution in [0.15, 0.2) is 4.79 Å². The first-order valence-corrected chi connectivity index (χ1v) is 8.86. The zero-order chi connectivity index (χ0) is 17.1. The average molecular weight is 322 g/mol. The van der Waals surface area contributed by atoms with Crippen LogP contribution < -0.4 is 10.9 Å². The van der Waals surface area contributed by atoms with Crippen LogP contribution in [0.5, 0.6) is 0 Å². The van der Waals surface area contributed by atoms with E-state index in [0.29, 0.717) is 18.9 Å². The van der Waals surface area contributed by atoms with Crippen molar-refractivity contribution in [3.8, 4) is 0 Å². The Hall–Kier alpha value is -1.72. The summed E-state index contributed by atoms with van der Waals surface area (Å²) in [7, 11) is 0. The molecular formula is C17H30N4O2. The van der Waals surface area contributed by atoms with Crippen LogP contribution in [0.25, 0.3) is 0 Å². The maximum atomic E-state index is 12.4. The molecule has 0 spiro atoms. The Morgan fingerprint density at radius 3 is 2.57 bits per heavy atom. The molecule has 2 N–H and O–H groups in total. The van der Waals surface area contributed by atoms with Gasteiger partial charge in [0.2, 0.25) is 0 Å². The van der Waals surface area contributed by atoms with Crippen LogP contribution >= 0.6 is 0 Å². The molecule has 1 aromatic rings. The molecule has 0 saturated carbocycles. The van der Waals surface area contributed by atoms with E-state index in [9.17, 15) is 9.59 Å². The minimum atomic E-state index is -0.374. The van der Waals surface area contributed by atoms with Crippen molar-refractivity contribution in [2.45, 2.75) is 72.1 Å². The molecule has 0 aromatic carbocycles. The largest absolute Gasteiger partial charge is 0.379 e. The van der Waals surface area contributed by atoms with Gasteiger partial charge in [0.15, 0.2) is 11.5 Å². The maximum Gasteiger partial charge on any atom is 0.291 e. The monoisotopic (exact) mass is 322 g/mol. The van der Waals surface area contributed by atoms with E-state index in [1.807, 2.05) is 0 Å². The number of ketones is 1. The van der Waals surface area contributed by atoms with E-state index in [-0.39, 0.29) is 22.7 Å². The highest BCUT2D eigenvalue weighted by Gasteiger charge is 2.18. The average Bonchev–Trinajstić information content (AvgIpc) is 2.56. The summed E-state index contributed by atoms with van der Waals surface area (Å²) < 4.78 is 0. The Morgan fingerprint density at radius 1 is 1.17 bits per heavy atom. The molecule has 0 atom stereocenters. The lowest BCUT2D eigenvalue weighted by Crippen LogP contribution is -2.23. The van der Waals surface area contributed by atoms with E-state index in [1.165, 1.54) is 6.42 Å². The second-order valence-corrected chi connectivity index (χ2v) is 6.00. The normalized spacial score (nSPS) is 11.0. The lowest BCUT2D eigenvalue weighted by molar-refractivity contribution is 0.0967. The summed E-state index contributed by atoms with van der Waals surface area (Å²) in [5.41, 5.74) is 0.0719. The number of nitrogens with one attached hydrogen (secondary N) is 2. The fraction of sp³-hybridized carbons (Fsp3) is 0.765. The molecule has 0 saturated heterocycles. The van der Waals surface area contributed by atoms with Crippen molar-refractivity contribution in [3.05, 3.63) is 16.0 Å². The third-order valence-electron chi connectivity index (χ3n) is 4.30. The zero-order valence-electron chi connectivity index (χ0n) is 14.7. The molecule has 0 aliphatic heterocycles. The van der Waals surface area contributed by atoms with Gasteiger partial charge in [-0.3, -0.25) is 9.59 Å². The molecule has 130 valence electrons. The molecular weight excluding hydrogens is 292 g/mol. The summed E-state index contributed by atoms with van der Waals surface area (Å²) in [4.78, 5) is 24.3. The first-order valence-electron chi connectivity index (χ1n) is 8.86. The number of H-pyrrole nitrogens is 1. The zero-order valence-corrected chi connectivity index (χ0v) is 14.7. The SMILES string of the molecule is CCCCCCNc1c(C(=O)CCC(CC)CC)nn[nH]c1=O. The fourth-order valence-corrected chi connectivity index (χ4v) is 2.61. The van der Waals surface area contributed by atoms with Crippen LogP contribution in [0.1, 0.15) is 82.6 Å². The summed E-state index contributed by atoms with van der Waals surface area (Å²) in [6.45, 7) is 7.09. The molecule has 0 aliphatic carbocycles. The molecule has 6 nitrogen and oxygen atoms in total. The molecule has 1 rings (SSSR count). The summed E-state index contributed by atoms with van der Waals surface area (Å²) in [5.74, 6) is 0.436. The molecule has 0 bridgehead atoms. The highest BCUT2D eigenvalue weighted by atomic mass is 16.1. The lowest BCUT2D eigenvalue weighted by Gasteiger charge is -2.12. The van der Waals surface area contributed by atoms with Crippen LogP contribution in [0.2, 0.25) is 0 Å². The minimum absolute atomic E-state index is 0.105. The van der Waals surface area contributed by atoms with Crippen molar-refractivity contribution >= 4 is 11.5 Å². The van der Waals surface area contributed by atoms with E-state index in [4.69, 9.17) is 0 Å². The number of hydrogen-bond donors (Lipinski definition) is 2. The standard InChI is InChI=1S/C17H30N4O2/c1-4-7-8-9-12-18-16-15(19-21-20-17(16)23)14(22)11-10-13(5-2)6-3/h13H,4-12H2,1-3H3,(H,18,21)(H,19,20,23). The van der Waals surface area contributed by atoms with Crippen LogP contribution in [0, 0.1) is 5.92 Å². The van der Waals surface area contributed by atoms with Gasteiger partial charge in [-0.05, 0) is 18.8 Å². The number of Topliss-reactive ketones (excluding diaryl/α,β-unsaturated/α-hetero) is 1. The Bertz CT molecular complexity index is 524. The summed E-state index contributed by atoms with van der Waals surface area (Å²) in [5, 5.41) is 12.8. The van der Waals surface area contributed by atoms with Crippen molar-refractivity contribution in [1.82, 2.24) is 15.4 Å². The van der Waals surface area contributed by atoms with Gasteiger partial charge in [-0.2, -0.15) is 0 Å². The van der Waals surface area contributed by atoms with Crippen LogP contribution in [-0.4, -0.2) is 27.7 Å². The highest BCUT2D eigenvalue weighted by molar-refractivity contribution is 5.98. The summed E-state index contributed by atoms with van der Waals surface area (Å²) in [6, 6.07) is 0. The van der Waals surface area contributed by atoms with E-state index in [0.717, 1.165) is 38.5 Å². The van der Waals surface area contributed by atoms with E-state index >= 15 is 0 Å². The van der Waals surface area contributed by atoms with E-state index in [1.54, 1.807) is 0 Å². The van der Waals surface area contributed by atoms with Gasteiger partial charge in [0.25, 0.3) is 5.56 Å². The lowest BCUT2D eigenvalue weighted by atomic mass is 9.95. The Balaban J connectivity index is 2.68. The van der Waals surface area contributed by atoms with Gasteiger partial charge >= 0.3 is 0 Å². The van der Waals surface area contributed by atoms with Crippen molar-refractivity contribution < 1.29 is 4.79 Å². The van der Waals surface area contributed by atoms with Gasteiger partial charge in [-0.1, -0.05) is 58.1 Å². The predicted octanol–water partition coefficient (Wildman–Crippen LogP) is 3.56. The smallest absolute Gasteiger partial charge is 0.291 e. The number of rotatable bonds is 12. The number of carbonyl (C=O) groups is 1. The topological polar surface area (TPSA) is 87.7 Å². The fourth-order valence-electron chi connectivity index (χ4n) is 2.61. The molecule has 1 aromatic heterocycles. The van der Waals surface area contributed by atoms with Crippen molar-refractivity contribution in [3.63, 3.8) is 0 Å². The molecule has 0 unspecified atom stereocenters. The number of carbonyl (C=O) groups excluding carboxylic acids is 1. The van der Waals surface area contributed by atoms with Gasteiger partial charge in [-0.25, -0.2) is 5.10 Å². The first-order chi connectivity index (χ1) is 11.1. The maximum absolute atomic E-state index is 12.4. The molecule has 23 heavy (non-hydrogen) atoms. The summed E-state index contributed by atoms with van der Waals surface area (Å²) >= 11 is 0. The van der Waals surface area contributed by atoms with Crippen LogP contribution in [0.4, 0.5) is 5.69 Å². The number of hydrogen-bond acceptors (Lipinski definition) is 5. The number of unbranched alkanes of at least 4 members (excludes halogenated alkanes) is 3. The molecule has 0 fully saturated rings. The third-order valence-corrected chi connectivity index (χ3v) is 4.30. The Morgan fingerprint density at radius 2 is 1.91 bits per heavy atom. The van der Waals surface area contributed by atoms with Gasteiger partial charge in [0.05, 0.1) is 0 Å². The highest BCUT2D eigenvalue weighted by Crippen LogP contribution is 2.18. The third kappa shape index (κ3) is 6.50. The van der Waals surface area contributed by atoms with Crippen LogP contribution in [0.3, 0.4) is 0 Å². The summed E-state index contributed by atoms with van der Waals surface area (Å²) in [6.07, 6.45) is 7.78. The molecule has 0 radical (unpaired) electrons. The molecule has 6 heteroatoms. The van der Waals surface area contributed by atoms with Crippen LogP contribution in [-0.2, 0) is 0 Å². The number of anilines is 1. The van der Waals surface area contributed by atoms with E-state index in [2.05, 4.69) is 41.5 Å². The molecule has 0 aliphatic rings. The van der Waals surface area contributed by atoms with Gasteiger partial charge in [-0.15, -0.1) is 5.10 Å². The number of aromatic amines is 1. The predicted molar refractivity (Wildman–Crippen MR) is 92.9 cm³/mol. The number of nitrogens with zero attached hydrogens (tertiary/aromatic N) is 2. The Labute approximate surface area is 138 Å². The van der Waals surface area contributed by atoms with Gasteiger partial charge in [0, 0.05) is 13.0 Å². The van der Waals surface area contributed by atoms with Crippen molar-refractivity contribution in [2.24, 2.45) is 5.92 Å². The minimum Gasteiger partial charge on any atom is -0.379 e. The quantitative estimate of drug-likeness (QED) is 0.454.